The number of hydrogen-bond donors (Lipinski definition) is 3. The van der Waals surface area contributed by atoms with Crippen LogP contribution >= 0.6 is 0 Å². The fourth-order valence-corrected chi connectivity index (χ4v) is 4.21. The third-order valence-electron chi connectivity index (χ3n) is 4.55. The molecule has 0 saturated heterocycles. The molecule has 0 aliphatic carbocycles. The van der Waals surface area contributed by atoms with Crippen molar-refractivity contribution in [3.8, 4) is 5.75 Å². The summed E-state index contributed by atoms with van der Waals surface area (Å²) >= 11 is 0. The summed E-state index contributed by atoms with van der Waals surface area (Å²) in [6.07, 6.45) is 0. The van der Waals surface area contributed by atoms with Crippen molar-refractivity contribution >= 4 is 27.5 Å². The van der Waals surface area contributed by atoms with Gasteiger partial charge in [-0.2, -0.15) is 4.72 Å². The Morgan fingerprint density at radius 2 is 1.72 bits per heavy atom. The predicted molar refractivity (Wildman–Crippen MR) is 121 cm³/mol. The Morgan fingerprint density at radius 1 is 1.03 bits per heavy atom. The molecule has 1 atom stereocenters. The van der Waals surface area contributed by atoms with Crippen LogP contribution in [0.1, 0.15) is 19.4 Å². The quantitative estimate of drug-likeness (QED) is 0.468. The molecule has 10 heteroatoms. The number of rotatable bonds is 11. The first-order chi connectivity index (χ1) is 15.2. The Morgan fingerprint density at radius 3 is 2.31 bits per heavy atom. The minimum atomic E-state index is -3.91. The number of benzene rings is 2. The number of hydrogen-bond acceptors (Lipinski definition) is 6. The van der Waals surface area contributed by atoms with Gasteiger partial charge >= 0.3 is 0 Å². The molecule has 0 aliphatic heterocycles. The van der Waals surface area contributed by atoms with E-state index in [0.717, 1.165) is 5.56 Å². The standard InChI is InChI=1S/C22H29N3O6S/c1-15(2)21(25-32(28,29)19-10-8-18(31-4)9-11-19)22(27)23-13-16-6-5-7-17(12-16)24-20(26)14-30-3/h5-12,15,21,25H,13-14H2,1-4H3,(H,23,27)(H,24,26)/t21-/m0/s1. The van der Waals surface area contributed by atoms with Crippen LogP contribution in [0.25, 0.3) is 0 Å². The molecule has 0 aliphatic rings. The maximum absolute atomic E-state index is 12.8. The minimum Gasteiger partial charge on any atom is -0.497 e. The van der Waals surface area contributed by atoms with Crippen LogP contribution in [0.15, 0.2) is 53.4 Å². The SMILES string of the molecule is COCC(=O)Nc1cccc(CNC(=O)[C@@H](NS(=O)(=O)c2ccc(OC)cc2)C(C)C)c1. The highest BCUT2D eigenvalue weighted by Gasteiger charge is 2.28. The highest BCUT2D eigenvalue weighted by atomic mass is 32.2. The maximum atomic E-state index is 12.8. The molecular weight excluding hydrogens is 434 g/mol. The van der Waals surface area contributed by atoms with E-state index in [9.17, 15) is 18.0 Å². The van der Waals surface area contributed by atoms with Gasteiger partial charge in [0.2, 0.25) is 21.8 Å². The number of carbonyl (C=O) groups is 2. The summed E-state index contributed by atoms with van der Waals surface area (Å²) < 4.78 is 37.8. The van der Waals surface area contributed by atoms with E-state index in [-0.39, 0.29) is 29.9 Å². The third kappa shape index (κ3) is 7.33. The monoisotopic (exact) mass is 463 g/mol. The van der Waals surface area contributed by atoms with Gasteiger partial charge in [-0.15, -0.1) is 0 Å². The van der Waals surface area contributed by atoms with Crippen LogP contribution in [0.4, 0.5) is 5.69 Å². The molecule has 2 amide bonds. The summed E-state index contributed by atoms with van der Waals surface area (Å²) in [5.41, 5.74) is 1.31. The molecule has 3 N–H and O–H groups in total. The second-order valence-electron chi connectivity index (χ2n) is 7.42. The van der Waals surface area contributed by atoms with Crippen molar-refractivity contribution in [1.29, 1.82) is 0 Å². The Kier molecular flexibility index (Phi) is 9.18. The lowest BCUT2D eigenvalue weighted by Crippen LogP contribution is -2.49. The first-order valence-electron chi connectivity index (χ1n) is 9.98. The molecule has 0 radical (unpaired) electrons. The van der Waals surface area contributed by atoms with Crippen LogP contribution in [0.3, 0.4) is 0 Å². The Bertz CT molecular complexity index is 1020. The molecule has 174 valence electrons. The molecule has 32 heavy (non-hydrogen) atoms. The highest BCUT2D eigenvalue weighted by molar-refractivity contribution is 7.89. The van der Waals surface area contributed by atoms with Crippen molar-refractivity contribution in [1.82, 2.24) is 10.0 Å². The fraction of sp³-hybridized carbons (Fsp3) is 0.364. The van der Waals surface area contributed by atoms with Crippen LogP contribution in [0.5, 0.6) is 5.75 Å². The number of sulfonamides is 1. The molecule has 0 spiro atoms. The zero-order valence-electron chi connectivity index (χ0n) is 18.5. The van der Waals surface area contributed by atoms with E-state index in [4.69, 9.17) is 9.47 Å². The van der Waals surface area contributed by atoms with Crippen molar-refractivity contribution in [2.75, 3.05) is 26.1 Å². The summed E-state index contributed by atoms with van der Waals surface area (Å²) in [5.74, 6) is -0.502. The summed E-state index contributed by atoms with van der Waals surface area (Å²) in [7, 11) is -0.989. The van der Waals surface area contributed by atoms with Crippen molar-refractivity contribution in [3.05, 3.63) is 54.1 Å². The number of nitrogens with one attached hydrogen (secondary N) is 3. The largest absolute Gasteiger partial charge is 0.497 e. The number of amides is 2. The zero-order valence-corrected chi connectivity index (χ0v) is 19.4. The first kappa shape index (κ1) is 25.3. The summed E-state index contributed by atoms with van der Waals surface area (Å²) in [6, 6.07) is 11.9. The zero-order chi connectivity index (χ0) is 23.7. The average molecular weight is 464 g/mol. The topological polar surface area (TPSA) is 123 Å². The van der Waals surface area contributed by atoms with Gasteiger partial charge in [-0.25, -0.2) is 8.42 Å². The number of anilines is 1. The van der Waals surface area contributed by atoms with Crippen LogP contribution in [-0.2, 0) is 30.9 Å². The van der Waals surface area contributed by atoms with Gasteiger partial charge in [-0.1, -0.05) is 26.0 Å². The molecule has 2 aromatic carbocycles. The summed E-state index contributed by atoms with van der Waals surface area (Å²) in [5, 5.41) is 5.45. The van der Waals surface area contributed by atoms with Gasteiger partial charge in [0, 0.05) is 19.3 Å². The average Bonchev–Trinajstić information content (AvgIpc) is 2.76. The molecule has 0 fully saturated rings. The first-order valence-corrected chi connectivity index (χ1v) is 11.5. The minimum absolute atomic E-state index is 0.0382. The van der Waals surface area contributed by atoms with Gasteiger partial charge in [0.25, 0.3) is 0 Å². The number of carbonyl (C=O) groups excluding carboxylic acids is 2. The van der Waals surface area contributed by atoms with Crippen LogP contribution in [0, 0.1) is 5.92 Å². The van der Waals surface area contributed by atoms with E-state index >= 15 is 0 Å². The van der Waals surface area contributed by atoms with Crippen molar-refractivity contribution in [2.45, 2.75) is 31.3 Å². The summed E-state index contributed by atoms with van der Waals surface area (Å²) in [6.45, 7) is 3.62. The van der Waals surface area contributed by atoms with Gasteiger partial charge in [-0.3, -0.25) is 9.59 Å². The number of methoxy groups -OCH3 is 2. The lowest BCUT2D eigenvalue weighted by atomic mass is 10.0. The van der Waals surface area contributed by atoms with E-state index < -0.39 is 22.0 Å². The van der Waals surface area contributed by atoms with E-state index in [2.05, 4.69) is 15.4 Å². The molecule has 0 unspecified atom stereocenters. The lowest BCUT2D eigenvalue weighted by molar-refractivity contribution is -0.124. The Hall–Kier alpha value is -2.95. The predicted octanol–water partition coefficient (Wildman–Crippen LogP) is 1.90. The van der Waals surface area contributed by atoms with Crippen LogP contribution in [-0.4, -0.2) is 47.1 Å². The third-order valence-corrected chi connectivity index (χ3v) is 6.01. The summed E-state index contributed by atoms with van der Waals surface area (Å²) in [4.78, 5) is 24.5. The normalized spacial score (nSPS) is 12.3. The molecule has 2 aromatic rings. The lowest BCUT2D eigenvalue weighted by Gasteiger charge is -2.22. The van der Waals surface area contributed by atoms with Gasteiger partial charge < -0.3 is 20.1 Å². The van der Waals surface area contributed by atoms with Gasteiger partial charge in [-0.05, 0) is 47.9 Å². The number of ether oxygens (including phenoxy) is 2. The van der Waals surface area contributed by atoms with Crippen LogP contribution in [0.2, 0.25) is 0 Å². The second-order valence-corrected chi connectivity index (χ2v) is 9.13. The van der Waals surface area contributed by atoms with Crippen molar-refractivity contribution in [2.24, 2.45) is 5.92 Å². The van der Waals surface area contributed by atoms with E-state index in [1.165, 1.54) is 38.5 Å². The molecule has 0 heterocycles. The van der Waals surface area contributed by atoms with Crippen molar-refractivity contribution < 1.29 is 27.5 Å². The molecule has 0 aromatic heterocycles. The van der Waals surface area contributed by atoms with Gasteiger partial charge in [0.05, 0.1) is 12.0 Å². The van der Waals surface area contributed by atoms with E-state index in [0.29, 0.717) is 11.4 Å². The van der Waals surface area contributed by atoms with Gasteiger partial charge in [0.15, 0.2) is 0 Å². The Balaban J connectivity index is 2.05. The molecule has 9 nitrogen and oxygen atoms in total. The highest BCUT2D eigenvalue weighted by Crippen LogP contribution is 2.17. The van der Waals surface area contributed by atoms with E-state index in [1.54, 1.807) is 38.1 Å². The molecule has 0 saturated carbocycles. The Labute approximate surface area is 188 Å². The smallest absolute Gasteiger partial charge is 0.250 e. The second kappa shape index (κ2) is 11.6. The van der Waals surface area contributed by atoms with Crippen LogP contribution < -0.4 is 20.1 Å². The fourth-order valence-electron chi connectivity index (χ4n) is 2.87. The molecule has 0 bridgehead atoms. The van der Waals surface area contributed by atoms with E-state index in [1.807, 2.05) is 0 Å². The maximum Gasteiger partial charge on any atom is 0.250 e. The molecular formula is C22H29N3O6S. The molecule has 2 rings (SSSR count). The van der Waals surface area contributed by atoms with Gasteiger partial charge in [0.1, 0.15) is 18.4 Å². The van der Waals surface area contributed by atoms with Crippen molar-refractivity contribution in [3.63, 3.8) is 0 Å².